The van der Waals surface area contributed by atoms with Gasteiger partial charge in [-0.3, -0.25) is 0 Å². The number of allylic oxidation sites excluding steroid dienone is 1. The summed E-state index contributed by atoms with van der Waals surface area (Å²) < 4.78 is 11.2. The van der Waals surface area contributed by atoms with Crippen LogP contribution in [0.15, 0.2) is 54.6 Å². The summed E-state index contributed by atoms with van der Waals surface area (Å²) in [4.78, 5) is 0. The number of rotatable bonds is 8. The summed E-state index contributed by atoms with van der Waals surface area (Å²) in [5.41, 5.74) is 2.38. The zero-order valence-electron chi connectivity index (χ0n) is 13.2. The van der Waals surface area contributed by atoms with E-state index in [-0.39, 0.29) is 0 Å². The van der Waals surface area contributed by atoms with Crippen molar-refractivity contribution in [1.29, 1.82) is 0 Å². The summed E-state index contributed by atoms with van der Waals surface area (Å²) in [5, 5.41) is 3.36. The molecule has 0 bridgehead atoms. The molecule has 0 aliphatic carbocycles. The van der Waals surface area contributed by atoms with Crippen molar-refractivity contribution in [2.75, 3.05) is 20.3 Å². The molecule has 0 radical (unpaired) electrons. The number of hydrogen-bond donors (Lipinski definition) is 1. The zero-order chi connectivity index (χ0) is 15.6. The van der Waals surface area contributed by atoms with Crippen molar-refractivity contribution in [1.82, 2.24) is 5.32 Å². The third kappa shape index (κ3) is 4.93. The molecule has 0 amide bonds. The Hall–Kier alpha value is -2.26. The first-order valence-electron chi connectivity index (χ1n) is 7.51. The van der Waals surface area contributed by atoms with Crippen LogP contribution in [0, 0.1) is 0 Å². The Morgan fingerprint density at radius 2 is 1.86 bits per heavy atom. The lowest BCUT2D eigenvalue weighted by Gasteiger charge is -2.12. The van der Waals surface area contributed by atoms with Gasteiger partial charge in [-0.1, -0.05) is 48.6 Å². The van der Waals surface area contributed by atoms with Gasteiger partial charge in [-0.2, -0.15) is 0 Å². The molecule has 2 rings (SSSR count). The molecule has 22 heavy (non-hydrogen) atoms. The lowest BCUT2D eigenvalue weighted by Crippen LogP contribution is -2.20. The van der Waals surface area contributed by atoms with Gasteiger partial charge < -0.3 is 14.8 Å². The molecule has 3 heteroatoms. The standard InChI is InChI=1S/C19H23NO2/c1-3-7-16-10-11-18(19(14-16)21-2)22-13-12-20-15-17-8-5-4-6-9-17/h3-11,14,20H,12-13,15H2,1-2H3/b7-3+. The fourth-order valence-corrected chi connectivity index (χ4v) is 2.16. The molecular formula is C19H23NO2. The monoisotopic (exact) mass is 297 g/mol. The largest absolute Gasteiger partial charge is 0.493 e. The minimum absolute atomic E-state index is 0.603. The highest BCUT2D eigenvalue weighted by Crippen LogP contribution is 2.28. The third-order valence-corrected chi connectivity index (χ3v) is 3.26. The van der Waals surface area contributed by atoms with Crippen molar-refractivity contribution in [3.05, 3.63) is 65.7 Å². The fourth-order valence-electron chi connectivity index (χ4n) is 2.16. The Kier molecular flexibility index (Phi) is 6.52. The van der Waals surface area contributed by atoms with Crippen molar-refractivity contribution < 1.29 is 9.47 Å². The first kappa shape index (κ1) is 16.1. The second-order valence-corrected chi connectivity index (χ2v) is 4.92. The zero-order valence-corrected chi connectivity index (χ0v) is 13.2. The Morgan fingerprint density at radius 3 is 2.59 bits per heavy atom. The summed E-state index contributed by atoms with van der Waals surface area (Å²) in [6.07, 6.45) is 4.04. The average Bonchev–Trinajstić information content (AvgIpc) is 2.56. The highest BCUT2D eigenvalue weighted by Gasteiger charge is 2.04. The molecule has 3 nitrogen and oxygen atoms in total. The van der Waals surface area contributed by atoms with Gasteiger partial charge in [-0.05, 0) is 30.2 Å². The summed E-state index contributed by atoms with van der Waals surface area (Å²) in [5.74, 6) is 1.54. The van der Waals surface area contributed by atoms with E-state index in [2.05, 4.69) is 17.4 Å². The van der Waals surface area contributed by atoms with Crippen LogP contribution in [0.3, 0.4) is 0 Å². The number of hydrogen-bond acceptors (Lipinski definition) is 3. The van der Waals surface area contributed by atoms with Gasteiger partial charge in [0.25, 0.3) is 0 Å². The highest BCUT2D eigenvalue weighted by atomic mass is 16.5. The maximum absolute atomic E-state index is 5.79. The van der Waals surface area contributed by atoms with Crippen molar-refractivity contribution in [2.24, 2.45) is 0 Å². The minimum Gasteiger partial charge on any atom is -0.493 e. The van der Waals surface area contributed by atoms with E-state index in [9.17, 15) is 0 Å². The Morgan fingerprint density at radius 1 is 1.05 bits per heavy atom. The summed E-state index contributed by atoms with van der Waals surface area (Å²) in [6, 6.07) is 16.3. The second kappa shape index (κ2) is 8.90. The van der Waals surface area contributed by atoms with Crippen LogP contribution in [0.2, 0.25) is 0 Å². The van der Waals surface area contributed by atoms with E-state index in [4.69, 9.17) is 9.47 Å². The van der Waals surface area contributed by atoms with Gasteiger partial charge in [-0.25, -0.2) is 0 Å². The van der Waals surface area contributed by atoms with Gasteiger partial charge in [0, 0.05) is 13.1 Å². The van der Waals surface area contributed by atoms with Crippen LogP contribution < -0.4 is 14.8 Å². The average molecular weight is 297 g/mol. The quantitative estimate of drug-likeness (QED) is 0.750. The van der Waals surface area contributed by atoms with Crippen molar-refractivity contribution in [3.63, 3.8) is 0 Å². The van der Waals surface area contributed by atoms with E-state index in [0.717, 1.165) is 30.2 Å². The summed E-state index contributed by atoms with van der Waals surface area (Å²) in [7, 11) is 1.66. The topological polar surface area (TPSA) is 30.5 Å². The van der Waals surface area contributed by atoms with Gasteiger partial charge in [0.2, 0.25) is 0 Å². The second-order valence-electron chi connectivity index (χ2n) is 4.92. The van der Waals surface area contributed by atoms with E-state index < -0.39 is 0 Å². The number of ether oxygens (including phenoxy) is 2. The van der Waals surface area contributed by atoms with E-state index in [1.165, 1.54) is 5.56 Å². The SMILES string of the molecule is C/C=C/c1ccc(OCCNCc2ccccc2)c(OC)c1. The maximum Gasteiger partial charge on any atom is 0.161 e. The smallest absolute Gasteiger partial charge is 0.161 e. The number of benzene rings is 2. The Balaban J connectivity index is 1.79. The summed E-state index contributed by atoms with van der Waals surface area (Å²) in [6.45, 7) is 4.23. The molecule has 0 spiro atoms. The van der Waals surface area contributed by atoms with Crippen LogP contribution in [-0.4, -0.2) is 20.3 Å². The van der Waals surface area contributed by atoms with Crippen LogP contribution in [0.4, 0.5) is 0 Å². The Labute approximate surface area is 132 Å². The predicted molar refractivity (Wildman–Crippen MR) is 91.3 cm³/mol. The van der Waals surface area contributed by atoms with Gasteiger partial charge in [0.05, 0.1) is 7.11 Å². The van der Waals surface area contributed by atoms with Crippen LogP contribution in [0.5, 0.6) is 11.5 Å². The predicted octanol–water partition coefficient (Wildman–Crippen LogP) is 3.90. The number of nitrogens with one attached hydrogen (secondary N) is 1. The molecule has 0 fully saturated rings. The molecule has 0 unspecified atom stereocenters. The van der Waals surface area contributed by atoms with Crippen LogP contribution >= 0.6 is 0 Å². The van der Waals surface area contributed by atoms with Gasteiger partial charge in [-0.15, -0.1) is 0 Å². The van der Waals surface area contributed by atoms with Crippen LogP contribution in [0.1, 0.15) is 18.1 Å². The lowest BCUT2D eigenvalue weighted by atomic mass is 10.2. The Bertz CT molecular complexity index is 594. The molecule has 116 valence electrons. The molecule has 0 saturated carbocycles. The van der Waals surface area contributed by atoms with Crippen LogP contribution in [0.25, 0.3) is 6.08 Å². The van der Waals surface area contributed by atoms with Gasteiger partial charge in [0.15, 0.2) is 11.5 Å². The van der Waals surface area contributed by atoms with E-state index in [1.54, 1.807) is 7.11 Å². The molecule has 0 atom stereocenters. The lowest BCUT2D eigenvalue weighted by molar-refractivity contribution is 0.292. The van der Waals surface area contributed by atoms with Crippen LogP contribution in [-0.2, 0) is 6.54 Å². The first-order valence-corrected chi connectivity index (χ1v) is 7.51. The molecule has 0 aliphatic heterocycles. The molecular weight excluding hydrogens is 274 g/mol. The summed E-state index contributed by atoms with van der Waals surface area (Å²) >= 11 is 0. The molecule has 1 N–H and O–H groups in total. The van der Waals surface area contributed by atoms with E-state index in [1.807, 2.05) is 55.5 Å². The van der Waals surface area contributed by atoms with Crippen molar-refractivity contribution in [3.8, 4) is 11.5 Å². The maximum atomic E-state index is 5.79. The molecule has 0 aliphatic rings. The van der Waals surface area contributed by atoms with Crippen molar-refractivity contribution in [2.45, 2.75) is 13.5 Å². The van der Waals surface area contributed by atoms with Gasteiger partial charge >= 0.3 is 0 Å². The van der Waals surface area contributed by atoms with E-state index >= 15 is 0 Å². The molecule has 0 aromatic heterocycles. The third-order valence-electron chi connectivity index (χ3n) is 3.26. The normalized spacial score (nSPS) is 10.8. The van der Waals surface area contributed by atoms with Gasteiger partial charge in [0.1, 0.15) is 6.61 Å². The van der Waals surface area contributed by atoms with Crippen molar-refractivity contribution >= 4 is 6.08 Å². The number of methoxy groups -OCH3 is 1. The first-order chi connectivity index (χ1) is 10.8. The fraction of sp³-hybridized carbons (Fsp3) is 0.263. The molecule has 2 aromatic carbocycles. The van der Waals surface area contributed by atoms with E-state index in [0.29, 0.717) is 6.61 Å². The molecule has 0 saturated heterocycles. The minimum atomic E-state index is 0.603. The molecule has 2 aromatic rings. The molecule has 0 heterocycles. The highest BCUT2D eigenvalue weighted by molar-refractivity contribution is 5.55.